The van der Waals surface area contributed by atoms with Gasteiger partial charge in [-0.1, -0.05) is 29.8 Å². The SMILES string of the molecule is Clc1cccc(NC2=CN(c3ccc(CN4CCOCC4)cc3)Cc3[nH]ccc32)c1. The first-order valence-electron chi connectivity index (χ1n) is 10.3. The van der Waals surface area contributed by atoms with E-state index in [1.165, 1.54) is 22.5 Å². The first-order valence-corrected chi connectivity index (χ1v) is 10.7. The number of fused-ring (bicyclic) bond motifs is 1. The number of H-pyrrole nitrogens is 1. The third kappa shape index (κ3) is 4.24. The molecule has 1 fully saturated rings. The zero-order valence-electron chi connectivity index (χ0n) is 16.8. The Hall–Kier alpha value is -2.73. The minimum atomic E-state index is 0.721. The molecule has 2 aliphatic rings. The number of aromatic nitrogens is 1. The molecule has 5 nitrogen and oxygen atoms in total. The Morgan fingerprint density at radius 1 is 1.03 bits per heavy atom. The molecule has 0 atom stereocenters. The fraction of sp³-hybridized carbons (Fsp3) is 0.250. The summed E-state index contributed by atoms with van der Waals surface area (Å²) in [5.74, 6) is 0. The van der Waals surface area contributed by atoms with Crippen molar-refractivity contribution in [1.82, 2.24) is 9.88 Å². The van der Waals surface area contributed by atoms with Crippen LogP contribution in [0.5, 0.6) is 0 Å². The van der Waals surface area contributed by atoms with Gasteiger partial charge in [0.1, 0.15) is 0 Å². The molecule has 0 saturated carbocycles. The number of benzene rings is 2. The van der Waals surface area contributed by atoms with E-state index in [-0.39, 0.29) is 0 Å². The van der Waals surface area contributed by atoms with Crippen LogP contribution < -0.4 is 10.2 Å². The smallest absolute Gasteiger partial charge is 0.0642 e. The Morgan fingerprint density at radius 3 is 2.67 bits per heavy atom. The second kappa shape index (κ2) is 8.56. The highest BCUT2D eigenvalue weighted by Gasteiger charge is 2.20. The number of aromatic amines is 1. The molecule has 3 aromatic rings. The van der Waals surface area contributed by atoms with Gasteiger partial charge in [-0.05, 0) is 42.0 Å². The molecule has 1 aromatic heterocycles. The number of rotatable bonds is 5. The van der Waals surface area contributed by atoms with Crippen LogP contribution in [-0.2, 0) is 17.8 Å². The summed E-state index contributed by atoms with van der Waals surface area (Å²) < 4.78 is 5.45. The maximum Gasteiger partial charge on any atom is 0.0642 e. The van der Waals surface area contributed by atoms with Gasteiger partial charge in [0.2, 0.25) is 0 Å². The van der Waals surface area contributed by atoms with E-state index in [1.807, 2.05) is 30.5 Å². The van der Waals surface area contributed by atoms with Crippen molar-refractivity contribution in [2.75, 3.05) is 36.5 Å². The fourth-order valence-electron chi connectivity index (χ4n) is 4.03. The number of nitrogens with zero attached hydrogens (tertiary/aromatic N) is 2. The van der Waals surface area contributed by atoms with Crippen LogP contribution in [-0.4, -0.2) is 36.2 Å². The van der Waals surface area contributed by atoms with Gasteiger partial charge in [-0.2, -0.15) is 0 Å². The van der Waals surface area contributed by atoms with Crippen LogP contribution in [0.25, 0.3) is 5.70 Å². The summed E-state index contributed by atoms with van der Waals surface area (Å²) in [4.78, 5) is 8.09. The van der Waals surface area contributed by atoms with Crippen molar-refractivity contribution in [2.24, 2.45) is 0 Å². The molecule has 0 amide bonds. The number of hydrogen-bond acceptors (Lipinski definition) is 4. The summed E-state index contributed by atoms with van der Waals surface area (Å²) in [6.45, 7) is 5.46. The number of anilines is 2. The molecule has 0 radical (unpaired) electrons. The molecule has 1 saturated heterocycles. The molecule has 2 aromatic carbocycles. The molecule has 3 heterocycles. The van der Waals surface area contributed by atoms with Gasteiger partial charge in [0.25, 0.3) is 0 Å². The molecular formula is C24H25ClN4O. The molecule has 154 valence electrons. The first kappa shape index (κ1) is 19.2. The highest BCUT2D eigenvalue weighted by atomic mass is 35.5. The zero-order chi connectivity index (χ0) is 20.3. The summed E-state index contributed by atoms with van der Waals surface area (Å²) in [6, 6.07) is 18.8. The third-order valence-electron chi connectivity index (χ3n) is 5.62. The Morgan fingerprint density at radius 2 is 1.87 bits per heavy atom. The molecule has 0 bridgehead atoms. The van der Waals surface area contributed by atoms with E-state index in [0.29, 0.717) is 0 Å². The third-order valence-corrected chi connectivity index (χ3v) is 5.85. The standard InChI is InChI=1S/C24H25ClN4O/c25-19-2-1-3-20(14-19)27-24-17-29(16-23-22(24)8-9-26-23)21-6-4-18(5-7-21)15-28-10-12-30-13-11-28/h1-9,14,17,26-27H,10-13,15-16H2. The number of morpholine rings is 1. The summed E-state index contributed by atoms with van der Waals surface area (Å²) >= 11 is 6.16. The molecule has 30 heavy (non-hydrogen) atoms. The highest BCUT2D eigenvalue weighted by Crippen LogP contribution is 2.31. The van der Waals surface area contributed by atoms with Gasteiger partial charge in [-0.25, -0.2) is 0 Å². The van der Waals surface area contributed by atoms with Crippen molar-refractivity contribution in [3.05, 3.63) is 88.8 Å². The van der Waals surface area contributed by atoms with Crippen molar-refractivity contribution in [3.63, 3.8) is 0 Å². The van der Waals surface area contributed by atoms with Crippen molar-refractivity contribution in [2.45, 2.75) is 13.1 Å². The Kier molecular flexibility index (Phi) is 5.49. The molecule has 0 aliphatic carbocycles. The lowest BCUT2D eigenvalue weighted by atomic mass is 10.1. The number of halogens is 1. The average molecular weight is 421 g/mol. The van der Waals surface area contributed by atoms with Gasteiger partial charge in [-0.3, -0.25) is 4.90 Å². The van der Waals surface area contributed by atoms with Crippen LogP contribution in [0.4, 0.5) is 11.4 Å². The van der Waals surface area contributed by atoms with Crippen molar-refractivity contribution < 1.29 is 4.74 Å². The Labute approximate surface area is 181 Å². The van der Waals surface area contributed by atoms with Crippen molar-refractivity contribution >= 4 is 28.7 Å². The van der Waals surface area contributed by atoms with E-state index in [0.717, 1.165) is 55.8 Å². The van der Waals surface area contributed by atoms with Gasteiger partial charge >= 0.3 is 0 Å². The van der Waals surface area contributed by atoms with Crippen LogP contribution >= 0.6 is 11.6 Å². The zero-order valence-corrected chi connectivity index (χ0v) is 17.5. The van der Waals surface area contributed by atoms with Crippen molar-refractivity contribution in [1.29, 1.82) is 0 Å². The lowest BCUT2D eigenvalue weighted by Gasteiger charge is -2.29. The van der Waals surface area contributed by atoms with E-state index < -0.39 is 0 Å². The van der Waals surface area contributed by atoms with Crippen LogP contribution in [0.2, 0.25) is 5.02 Å². The summed E-state index contributed by atoms with van der Waals surface area (Å²) in [5, 5.41) is 4.25. The lowest BCUT2D eigenvalue weighted by Crippen LogP contribution is -2.35. The number of hydrogen-bond donors (Lipinski definition) is 2. The highest BCUT2D eigenvalue weighted by molar-refractivity contribution is 6.30. The van der Waals surface area contributed by atoms with E-state index in [4.69, 9.17) is 16.3 Å². The molecule has 0 spiro atoms. The Balaban J connectivity index is 1.36. The average Bonchev–Trinajstić information content (AvgIpc) is 3.24. The monoisotopic (exact) mass is 420 g/mol. The lowest BCUT2D eigenvalue weighted by molar-refractivity contribution is 0.0342. The largest absolute Gasteiger partial charge is 0.379 e. The van der Waals surface area contributed by atoms with E-state index in [2.05, 4.69) is 56.6 Å². The summed E-state index contributed by atoms with van der Waals surface area (Å²) in [7, 11) is 0. The van der Waals surface area contributed by atoms with Crippen LogP contribution in [0.3, 0.4) is 0 Å². The minimum Gasteiger partial charge on any atom is -0.379 e. The maximum atomic E-state index is 6.16. The molecule has 2 N–H and O–H groups in total. The molecule has 5 rings (SSSR count). The van der Waals surface area contributed by atoms with Gasteiger partial charge in [-0.15, -0.1) is 0 Å². The molecule has 6 heteroatoms. The minimum absolute atomic E-state index is 0.721. The van der Waals surface area contributed by atoms with Crippen molar-refractivity contribution in [3.8, 4) is 0 Å². The maximum absolute atomic E-state index is 6.16. The predicted molar refractivity (Wildman–Crippen MR) is 123 cm³/mol. The molecular weight excluding hydrogens is 396 g/mol. The van der Waals surface area contributed by atoms with E-state index >= 15 is 0 Å². The predicted octanol–water partition coefficient (Wildman–Crippen LogP) is 4.93. The summed E-state index contributed by atoms with van der Waals surface area (Å²) in [5.41, 5.74) is 6.92. The Bertz CT molecular complexity index is 1040. The van der Waals surface area contributed by atoms with Gasteiger partial charge in [0.05, 0.1) is 25.5 Å². The topological polar surface area (TPSA) is 43.5 Å². The number of nitrogens with one attached hydrogen (secondary N) is 2. The number of ether oxygens (including phenoxy) is 1. The first-order chi connectivity index (χ1) is 14.7. The van der Waals surface area contributed by atoms with Gasteiger partial charge in [0.15, 0.2) is 0 Å². The van der Waals surface area contributed by atoms with Gasteiger partial charge in [0, 0.05) is 59.7 Å². The second-order valence-corrected chi connectivity index (χ2v) is 8.17. The molecule has 0 unspecified atom stereocenters. The van der Waals surface area contributed by atoms with Crippen LogP contribution in [0, 0.1) is 0 Å². The fourth-order valence-corrected chi connectivity index (χ4v) is 4.22. The molecule has 2 aliphatic heterocycles. The summed E-state index contributed by atoms with van der Waals surface area (Å²) in [6.07, 6.45) is 4.17. The second-order valence-electron chi connectivity index (χ2n) is 7.73. The van der Waals surface area contributed by atoms with Crippen LogP contribution in [0.1, 0.15) is 16.8 Å². The quantitative estimate of drug-likeness (QED) is 0.614. The normalized spacial score (nSPS) is 16.8. The van der Waals surface area contributed by atoms with E-state index in [9.17, 15) is 0 Å². The van der Waals surface area contributed by atoms with E-state index in [1.54, 1.807) is 0 Å². The van der Waals surface area contributed by atoms with Crippen LogP contribution in [0.15, 0.2) is 67.0 Å². The van der Waals surface area contributed by atoms with Gasteiger partial charge < -0.3 is 19.9 Å².